The van der Waals surface area contributed by atoms with E-state index in [1.54, 1.807) is 0 Å². The molecule has 0 radical (unpaired) electrons. The van der Waals surface area contributed by atoms with Gasteiger partial charge in [-0.25, -0.2) is 0 Å². The van der Waals surface area contributed by atoms with Crippen LogP contribution in [0.4, 0.5) is 0 Å². The van der Waals surface area contributed by atoms with E-state index in [1.165, 1.54) is 0 Å². The smallest absolute Gasteiger partial charge is 0.163 e. The molecule has 0 aromatic rings. The minimum atomic E-state index is -0.488. The van der Waals surface area contributed by atoms with Crippen molar-refractivity contribution in [2.75, 3.05) is 20.2 Å². The third kappa shape index (κ3) is 2.08. The number of hydrogen-bond donors (Lipinski definition) is 0. The van der Waals surface area contributed by atoms with Crippen molar-refractivity contribution in [3.8, 4) is 0 Å². The summed E-state index contributed by atoms with van der Waals surface area (Å²) in [4.78, 5) is 2.26. The Hall–Kier alpha value is -0.200. The lowest BCUT2D eigenvalue weighted by molar-refractivity contribution is -0.175. The molecule has 3 fully saturated rings. The van der Waals surface area contributed by atoms with Crippen LogP contribution < -0.4 is 0 Å². The largest absolute Gasteiger partial charge is 0.348 e. The van der Waals surface area contributed by atoms with Crippen LogP contribution >= 0.6 is 0 Å². The molecular weight excluding hydrogens is 234 g/mol. The highest BCUT2D eigenvalue weighted by Gasteiger charge is 2.55. The average molecular weight is 257 g/mol. The number of nitrogens with zero attached hydrogens (tertiary/aromatic N) is 1. The third-order valence-corrected chi connectivity index (χ3v) is 3.95. The molecule has 18 heavy (non-hydrogen) atoms. The summed E-state index contributed by atoms with van der Waals surface area (Å²) in [6, 6.07) is 0.207. The molecule has 104 valence electrons. The Labute approximate surface area is 108 Å². The summed E-state index contributed by atoms with van der Waals surface area (Å²) in [5.41, 5.74) is 0. The van der Waals surface area contributed by atoms with Crippen molar-refractivity contribution >= 4 is 0 Å². The summed E-state index contributed by atoms with van der Waals surface area (Å²) >= 11 is 0. The molecule has 0 saturated carbocycles. The van der Waals surface area contributed by atoms with Gasteiger partial charge in [-0.3, -0.25) is 4.90 Å². The van der Waals surface area contributed by atoms with Gasteiger partial charge in [-0.2, -0.15) is 0 Å². The second kappa shape index (κ2) is 3.90. The number of likely N-dealkylation sites (tertiary alicyclic amines) is 1. The molecule has 5 nitrogen and oxygen atoms in total. The Morgan fingerprint density at radius 2 is 1.61 bits per heavy atom. The van der Waals surface area contributed by atoms with Gasteiger partial charge in [0.05, 0.1) is 12.6 Å². The van der Waals surface area contributed by atoms with Gasteiger partial charge >= 0.3 is 0 Å². The molecule has 1 unspecified atom stereocenters. The van der Waals surface area contributed by atoms with Gasteiger partial charge in [0.2, 0.25) is 0 Å². The van der Waals surface area contributed by atoms with Crippen LogP contribution in [0.1, 0.15) is 27.7 Å². The van der Waals surface area contributed by atoms with E-state index in [1.807, 2.05) is 27.7 Å². The van der Waals surface area contributed by atoms with Crippen molar-refractivity contribution in [2.45, 2.75) is 63.6 Å². The molecule has 3 aliphatic rings. The monoisotopic (exact) mass is 257 g/mol. The van der Waals surface area contributed by atoms with Gasteiger partial charge in [0, 0.05) is 6.54 Å². The van der Waals surface area contributed by atoms with Gasteiger partial charge in [-0.15, -0.1) is 0 Å². The van der Waals surface area contributed by atoms with Gasteiger partial charge < -0.3 is 18.9 Å². The van der Waals surface area contributed by atoms with E-state index in [4.69, 9.17) is 18.9 Å². The molecule has 4 atom stereocenters. The summed E-state index contributed by atoms with van der Waals surface area (Å²) in [6.07, 6.45) is 0.271. The molecule has 0 spiro atoms. The highest BCUT2D eigenvalue weighted by molar-refractivity contribution is 5.03. The molecule has 0 aromatic carbocycles. The zero-order valence-corrected chi connectivity index (χ0v) is 11.8. The SMILES string of the molecule is CN1C[C@@H]2OC(C)(C)O[C@@H]2[C@H]1C1COC(C)(C)O1. The van der Waals surface area contributed by atoms with Gasteiger partial charge in [-0.1, -0.05) is 0 Å². The van der Waals surface area contributed by atoms with E-state index in [0.717, 1.165) is 6.54 Å². The summed E-state index contributed by atoms with van der Waals surface area (Å²) in [7, 11) is 2.09. The minimum Gasteiger partial charge on any atom is -0.348 e. The zero-order valence-electron chi connectivity index (χ0n) is 11.8. The van der Waals surface area contributed by atoms with Gasteiger partial charge in [0.15, 0.2) is 11.6 Å². The minimum absolute atomic E-state index is 0.0532. The fraction of sp³-hybridized carbons (Fsp3) is 1.00. The maximum absolute atomic E-state index is 6.04. The van der Waals surface area contributed by atoms with Gasteiger partial charge in [-0.05, 0) is 34.7 Å². The Bertz CT molecular complexity index is 344. The van der Waals surface area contributed by atoms with Crippen LogP contribution in [-0.4, -0.2) is 61.0 Å². The first-order valence-corrected chi connectivity index (χ1v) is 6.65. The molecule has 5 heteroatoms. The zero-order chi connectivity index (χ0) is 13.1. The molecule has 3 saturated heterocycles. The van der Waals surface area contributed by atoms with E-state index in [-0.39, 0.29) is 24.4 Å². The average Bonchev–Trinajstić information content (AvgIpc) is 2.75. The summed E-state index contributed by atoms with van der Waals surface area (Å²) in [5.74, 6) is -0.970. The first-order valence-electron chi connectivity index (χ1n) is 6.65. The van der Waals surface area contributed by atoms with E-state index >= 15 is 0 Å². The van der Waals surface area contributed by atoms with Crippen molar-refractivity contribution < 1.29 is 18.9 Å². The standard InChI is InChI=1S/C13H23NO4/c1-12(2)15-7-9(17-12)10-11-8(6-14(10)5)16-13(3,4)18-11/h8-11H,6-7H2,1-5H3/t8-,9?,10+,11-/m0/s1. The molecular formula is C13H23NO4. The maximum Gasteiger partial charge on any atom is 0.163 e. The second-order valence-corrected chi connectivity index (χ2v) is 6.44. The first-order chi connectivity index (χ1) is 8.27. The van der Waals surface area contributed by atoms with Crippen molar-refractivity contribution in [1.29, 1.82) is 0 Å². The molecule has 0 N–H and O–H groups in total. The quantitative estimate of drug-likeness (QED) is 0.700. The van der Waals surface area contributed by atoms with Crippen molar-refractivity contribution in [2.24, 2.45) is 0 Å². The number of ether oxygens (including phenoxy) is 4. The van der Waals surface area contributed by atoms with Gasteiger partial charge in [0.25, 0.3) is 0 Å². The summed E-state index contributed by atoms with van der Waals surface area (Å²) in [5, 5.41) is 0. The molecule has 3 aliphatic heterocycles. The third-order valence-electron chi connectivity index (χ3n) is 3.95. The lowest BCUT2D eigenvalue weighted by Gasteiger charge is -2.30. The number of rotatable bonds is 1. The first kappa shape index (κ1) is 12.8. The van der Waals surface area contributed by atoms with E-state index in [9.17, 15) is 0 Å². The van der Waals surface area contributed by atoms with Crippen molar-refractivity contribution in [3.63, 3.8) is 0 Å². The summed E-state index contributed by atoms with van der Waals surface area (Å²) < 4.78 is 23.6. The molecule has 0 aliphatic carbocycles. The summed E-state index contributed by atoms with van der Waals surface area (Å²) in [6.45, 7) is 9.36. The van der Waals surface area contributed by atoms with Crippen LogP contribution in [0.15, 0.2) is 0 Å². The highest BCUT2D eigenvalue weighted by atomic mass is 16.8. The highest BCUT2D eigenvalue weighted by Crippen LogP contribution is 2.39. The predicted molar refractivity (Wildman–Crippen MR) is 65.1 cm³/mol. The molecule has 0 amide bonds. The topological polar surface area (TPSA) is 40.2 Å². The second-order valence-electron chi connectivity index (χ2n) is 6.44. The number of fused-ring (bicyclic) bond motifs is 1. The van der Waals surface area contributed by atoms with Crippen LogP contribution in [-0.2, 0) is 18.9 Å². The van der Waals surface area contributed by atoms with Crippen molar-refractivity contribution in [1.82, 2.24) is 4.90 Å². The Morgan fingerprint density at radius 1 is 0.944 bits per heavy atom. The van der Waals surface area contributed by atoms with Gasteiger partial charge in [0.1, 0.15) is 18.3 Å². The normalized spacial score (nSPS) is 46.5. The lowest BCUT2D eigenvalue weighted by atomic mass is 10.1. The fourth-order valence-corrected chi connectivity index (χ4v) is 3.33. The maximum atomic E-state index is 6.04. The van der Waals surface area contributed by atoms with Crippen LogP contribution in [0.5, 0.6) is 0 Å². The molecule has 0 aromatic heterocycles. The fourth-order valence-electron chi connectivity index (χ4n) is 3.33. The number of hydrogen-bond acceptors (Lipinski definition) is 5. The lowest BCUT2D eigenvalue weighted by Crippen LogP contribution is -2.46. The molecule has 3 heterocycles. The van der Waals surface area contributed by atoms with E-state index in [0.29, 0.717) is 6.61 Å². The Morgan fingerprint density at radius 3 is 2.22 bits per heavy atom. The van der Waals surface area contributed by atoms with Crippen LogP contribution in [0, 0.1) is 0 Å². The van der Waals surface area contributed by atoms with E-state index in [2.05, 4.69) is 11.9 Å². The number of likely N-dealkylation sites (N-methyl/N-ethyl adjacent to an activating group) is 1. The molecule has 3 rings (SSSR count). The van der Waals surface area contributed by atoms with Crippen LogP contribution in [0.2, 0.25) is 0 Å². The van der Waals surface area contributed by atoms with E-state index < -0.39 is 11.6 Å². The van der Waals surface area contributed by atoms with Crippen molar-refractivity contribution in [3.05, 3.63) is 0 Å². The molecule has 0 bridgehead atoms. The predicted octanol–water partition coefficient (Wildman–Crippen LogP) is 0.972. The van der Waals surface area contributed by atoms with Crippen LogP contribution in [0.3, 0.4) is 0 Å². The Kier molecular flexibility index (Phi) is 2.78. The van der Waals surface area contributed by atoms with Crippen LogP contribution in [0.25, 0.3) is 0 Å². The Balaban J connectivity index is 1.76.